The van der Waals surface area contributed by atoms with Crippen molar-refractivity contribution in [2.75, 3.05) is 22.8 Å². The first-order valence-corrected chi connectivity index (χ1v) is 11.2. The number of ether oxygens (including phenoxy) is 1. The molecule has 1 unspecified atom stereocenters. The van der Waals surface area contributed by atoms with E-state index in [9.17, 15) is 15.2 Å². The molecule has 2 heterocycles. The second-order valence-electron chi connectivity index (χ2n) is 7.70. The van der Waals surface area contributed by atoms with Gasteiger partial charge in [-0.3, -0.25) is 0 Å². The number of nitrogens with one attached hydrogen (secondary N) is 1. The number of rotatable bonds is 1. The van der Waals surface area contributed by atoms with Crippen LogP contribution in [0.3, 0.4) is 0 Å². The molecule has 0 amide bonds. The van der Waals surface area contributed by atoms with Crippen LogP contribution in [0.2, 0.25) is 0 Å². The number of nitrogens with zero attached hydrogens (tertiary/aromatic N) is 2. The summed E-state index contributed by atoms with van der Waals surface area (Å²) in [6, 6.07) is 13.4. The minimum absolute atomic E-state index is 0.220. The lowest BCUT2D eigenvalue weighted by Crippen LogP contribution is -2.39. The van der Waals surface area contributed by atoms with Crippen LogP contribution in [0, 0.1) is 11.3 Å². The molecule has 6 nitrogen and oxygen atoms in total. The number of hydrogen-bond acceptors (Lipinski definition) is 6. The minimum Gasteiger partial charge on any atom is -0.492 e. The highest BCUT2D eigenvalue weighted by atomic mass is 32.2. The zero-order chi connectivity index (χ0) is 20.9. The third kappa shape index (κ3) is 4.49. The van der Waals surface area contributed by atoms with Gasteiger partial charge < -0.3 is 19.5 Å². The molecule has 1 atom stereocenters. The Balaban J connectivity index is 1.72. The summed E-state index contributed by atoms with van der Waals surface area (Å²) in [6.07, 6.45) is 6.74. The quantitative estimate of drug-likeness (QED) is 0.602. The van der Waals surface area contributed by atoms with E-state index in [-0.39, 0.29) is 5.56 Å². The molecule has 0 aliphatic carbocycles. The average Bonchev–Trinajstić information content (AvgIpc) is 2.78. The summed E-state index contributed by atoms with van der Waals surface area (Å²) >= 11 is 1.33. The van der Waals surface area contributed by atoms with Crippen molar-refractivity contribution in [3.63, 3.8) is 0 Å². The van der Waals surface area contributed by atoms with E-state index >= 15 is 0 Å². The number of aromatic carboxylic acids is 1. The third-order valence-electron chi connectivity index (χ3n) is 5.71. The summed E-state index contributed by atoms with van der Waals surface area (Å²) in [5.41, 5.74) is 2.78. The molecule has 30 heavy (non-hydrogen) atoms. The van der Waals surface area contributed by atoms with Crippen molar-refractivity contribution in [3.05, 3.63) is 47.5 Å². The Kier molecular flexibility index (Phi) is 6.34. The predicted octanol–water partition coefficient (Wildman–Crippen LogP) is 5.30. The summed E-state index contributed by atoms with van der Waals surface area (Å²) in [5.74, 6) is -0.294. The Bertz CT molecular complexity index is 973. The van der Waals surface area contributed by atoms with Crippen molar-refractivity contribution in [1.82, 2.24) is 0 Å². The number of benzene rings is 2. The van der Waals surface area contributed by atoms with Crippen LogP contribution in [-0.2, 0) is 0 Å². The fraction of sp³-hybridized carbons (Fsp3) is 0.391. The van der Waals surface area contributed by atoms with Crippen LogP contribution < -0.4 is 14.4 Å². The summed E-state index contributed by atoms with van der Waals surface area (Å²) in [5, 5.41) is 18.8. The lowest BCUT2D eigenvalue weighted by atomic mass is 9.96. The van der Waals surface area contributed by atoms with E-state index in [0.717, 1.165) is 48.5 Å². The summed E-state index contributed by atoms with van der Waals surface area (Å²) in [4.78, 5) is 14.6. The predicted molar refractivity (Wildman–Crippen MR) is 118 cm³/mol. The summed E-state index contributed by atoms with van der Waals surface area (Å²) in [6.45, 7) is 1.62. The highest BCUT2D eigenvalue weighted by molar-refractivity contribution is 8.00. The standard InChI is InChI=1S/C23H25N3O3S/c24-15-16-7-9-20-19(13-16)25-30-22-14-17(23(27)28)8-10-21(22)29-12-4-2-6-18-5-1-3-11-26(18)20/h7-10,13-14,18,25H,1-6,11-12H2,(H,27,28). The number of carboxylic acid groups (broad SMARTS) is 1. The molecular formula is C23H25N3O3S. The van der Waals surface area contributed by atoms with Gasteiger partial charge in [-0.2, -0.15) is 5.26 Å². The van der Waals surface area contributed by atoms with Gasteiger partial charge in [-0.05, 0) is 86.9 Å². The van der Waals surface area contributed by atoms with Crippen molar-refractivity contribution in [1.29, 1.82) is 5.26 Å². The van der Waals surface area contributed by atoms with E-state index in [2.05, 4.69) is 15.7 Å². The molecule has 4 rings (SSSR count). The van der Waals surface area contributed by atoms with Crippen LogP contribution in [0.1, 0.15) is 54.4 Å². The van der Waals surface area contributed by atoms with Gasteiger partial charge in [-0.15, -0.1) is 0 Å². The number of carboxylic acids is 1. The van der Waals surface area contributed by atoms with E-state index in [1.165, 1.54) is 24.8 Å². The Morgan fingerprint density at radius 3 is 2.80 bits per heavy atom. The molecule has 0 radical (unpaired) electrons. The molecular weight excluding hydrogens is 398 g/mol. The average molecular weight is 424 g/mol. The van der Waals surface area contributed by atoms with Gasteiger partial charge in [0, 0.05) is 12.6 Å². The van der Waals surface area contributed by atoms with E-state index in [1.54, 1.807) is 18.2 Å². The lowest BCUT2D eigenvalue weighted by molar-refractivity contribution is 0.0696. The Morgan fingerprint density at radius 1 is 1.17 bits per heavy atom. The van der Waals surface area contributed by atoms with Crippen LogP contribution in [0.25, 0.3) is 0 Å². The lowest BCUT2D eigenvalue weighted by Gasteiger charge is -2.39. The van der Waals surface area contributed by atoms with Crippen LogP contribution in [0.15, 0.2) is 41.3 Å². The molecule has 0 saturated carbocycles. The first-order chi connectivity index (χ1) is 14.7. The summed E-state index contributed by atoms with van der Waals surface area (Å²) < 4.78 is 9.37. The van der Waals surface area contributed by atoms with Gasteiger partial charge in [0.15, 0.2) is 0 Å². The SMILES string of the molecule is N#Cc1ccc2c(c1)NSc1cc(C(=O)O)ccc1OCCCCC1CCCCN21. The highest BCUT2D eigenvalue weighted by Gasteiger charge is 2.25. The van der Waals surface area contributed by atoms with Gasteiger partial charge >= 0.3 is 5.97 Å². The van der Waals surface area contributed by atoms with E-state index < -0.39 is 5.97 Å². The van der Waals surface area contributed by atoms with Gasteiger partial charge in [0.2, 0.25) is 0 Å². The number of hydrogen-bond donors (Lipinski definition) is 2. The Hall–Kier alpha value is -2.85. The molecule has 2 aliphatic rings. The van der Waals surface area contributed by atoms with E-state index in [4.69, 9.17) is 4.74 Å². The van der Waals surface area contributed by atoms with Crippen molar-refractivity contribution in [2.45, 2.75) is 49.5 Å². The smallest absolute Gasteiger partial charge is 0.335 e. The molecule has 7 heteroatoms. The fourth-order valence-electron chi connectivity index (χ4n) is 4.17. The van der Waals surface area contributed by atoms with Crippen LogP contribution in [0.5, 0.6) is 5.75 Å². The molecule has 2 N–H and O–H groups in total. The first-order valence-electron chi connectivity index (χ1n) is 10.4. The molecule has 2 aromatic carbocycles. The van der Waals surface area contributed by atoms with Crippen molar-refractivity contribution in [3.8, 4) is 11.8 Å². The molecule has 0 bridgehead atoms. The molecule has 0 aromatic heterocycles. The molecule has 0 spiro atoms. The van der Waals surface area contributed by atoms with Crippen LogP contribution in [-0.4, -0.2) is 30.3 Å². The molecule has 2 aliphatic heterocycles. The van der Waals surface area contributed by atoms with Crippen molar-refractivity contribution >= 4 is 29.3 Å². The highest BCUT2D eigenvalue weighted by Crippen LogP contribution is 2.38. The van der Waals surface area contributed by atoms with Crippen molar-refractivity contribution in [2.24, 2.45) is 0 Å². The third-order valence-corrected chi connectivity index (χ3v) is 6.57. The number of anilines is 2. The first kappa shape index (κ1) is 20.4. The van der Waals surface area contributed by atoms with Crippen LogP contribution >= 0.6 is 11.9 Å². The fourth-order valence-corrected chi connectivity index (χ4v) is 4.97. The normalized spacial score (nSPS) is 19.2. The molecule has 156 valence electrons. The van der Waals surface area contributed by atoms with Crippen LogP contribution in [0.4, 0.5) is 11.4 Å². The monoisotopic (exact) mass is 423 g/mol. The van der Waals surface area contributed by atoms with Gasteiger partial charge in [0.05, 0.1) is 40.1 Å². The maximum Gasteiger partial charge on any atom is 0.335 e. The number of piperidine rings is 1. The molecule has 1 saturated heterocycles. The van der Waals surface area contributed by atoms with Gasteiger partial charge in [0.1, 0.15) is 5.75 Å². The zero-order valence-corrected chi connectivity index (χ0v) is 17.6. The topological polar surface area (TPSA) is 85.6 Å². The second kappa shape index (κ2) is 9.31. The number of fused-ring (bicyclic) bond motifs is 4. The Morgan fingerprint density at radius 2 is 2.00 bits per heavy atom. The number of carbonyl (C=O) groups is 1. The Labute approximate surface area is 181 Å². The zero-order valence-electron chi connectivity index (χ0n) is 16.8. The molecule has 2 aromatic rings. The van der Waals surface area contributed by atoms with E-state index in [0.29, 0.717) is 24.0 Å². The van der Waals surface area contributed by atoms with Crippen molar-refractivity contribution < 1.29 is 14.6 Å². The van der Waals surface area contributed by atoms with Gasteiger partial charge in [-0.1, -0.05) is 0 Å². The largest absolute Gasteiger partial charge is 0.492 e. The van der Waals surface area contributed by atoms with Gasteiger partial charge in [-0.25, -0.2) is 4.79 Å². The second-order valence-corrected chi connectivity index (χ2v) is 8.55. The van der Waals surface area contributed by atoms with Gasteiger partial charge in [0.25, 0.3) is 0 Å². The maximum atomic E-state index is 11.4. The van der Waals surface area contributed by atoms with E-state index in [1.807, 2.05) is 18.2 Å². The minimum atomic E-state index is -0.968. The number of nitriles is 1. The molecule has 1 fully saturated rings. The maximum absolute atomic E-state index is 11.4. The summed E-state index contributed by atoms with van der Waals surface area (Å²) in [7, 11) is 0.